The summed E-state index contributed by atoms with van der Waals surface area (Å²) in [5.74, 6) is 0.717. The summed E-state index contributed by atoms with van der Waals surface area (Å²) in [5.41, 5.74) is 0.170. The molecule has 1 aliphatic carbocycles. The fourth-order valence-corrected chi connectivity index (χ4v) is 4.80. The van der Waals surface area contributed by atoms with Gasteiger partial charge in [0.05, 0.1) is 0 Å². The molecule has 1 aliphatic rings. The zero-order valence-corrected chi connectivity index (χ0v) is 16.7. The first kappa shape index (κ1) is 20.1. The van der Waals surface area contributed by atoms with Gasteiger partial charge < -0.3 is 10.2 Å². The Morgan fingerprint density at radius 2 is 1.84 bits per heavy atom. The number of pyridine rings is 1. The van der Waals surface area contributed by atoms with E-state index in [-0.39, 0.29) is 16.5 Å². The standard InChI is InChI=1S/C18H32N4O2S/c1-5-15(6-2)21-25(23,24)16-9-10-17(19-13-16)20-14-18(22(3)4)11-7-8-12-18/h9-10,13,15,21H,5-8,11-12,14H2,1-4H3,(H,19,20). The quantitative estimate of drug-likeness (QED) is 0.701. The summed E-state index contributed by atoms with van der Waals surface area (Å²) in [7, 11) is 0.744. The smallest absolute Gasteiger partial charge is 0.242 e. The number of anilines is 1. The van der Waals surface area contributed by atoms with Gasteiger partial charge in [0.2, 0.25) is 10.0 Å². The number of hydrogen-bond acceptors (Lipinski definition) is 5. The minimum atomic E-state index is -3.51. The molecule has 0 atom stereocenters. The van der Waals surface area contributed by atoms with Crippen molar-refractivity contribution in [2.45, 2.75) is 68.8 Å². The first-order valence-corrected chi connectivity index (χ1v) is 10.7. The van der Waals surface area contributed by atoms with Gasteiger partial charge in [-0.25, -0.2) is 18.1 Å². The molecule has 142 valence electrons. The van der Waals surface area contributed by atoms with E-state index in [1.165, 1.54) is 31.9 Å². The molecule has 0 radical (unpaired) electrons. The van der Waals surface area contributed by atoms with Crippen molar-refractivity contribution in [3.8, 4) is 0 Å². The molecule has 0 amide bonds. The van der Waals surface area contributed by atoms with E-state index in [2.05, 4.69) is 34.0 Å². The molecule has 2 N–H and O–H groups in total. The summed E-state index contributed by atoms with van der Waals surface area (Å²) in [4.78, 5) is 6.82. The largest absolute Gasteiger partial charge is 0.368 e. The molecular weight excluding hydrogens is 336 g/mol. The molecule has 0 saturated heterocycles. The SMILES string of the molecule is CCC(CC)NS(=O)(=O)c1ccc(NCC2(N(C)C)CCCC2)nc1. The molecule has 6 nitrogen and oxygen atoms in total. The summed E-state index contributed by atoms with van der Waals surface area (Å²) < 4.78 is 27.5. The van der Waals surface area contributed by atoms with Crippen molar-refractivity contribution in [3.63, 3.8) is 0 Å². The maximum absolute atomic E-state index is 12.4. The van der Waals surface area contributed by atoms with Crippen LogP contribution in [-0.4, -0.2) is 50.5 Å². The number of likely N-dealkylation sites (N-methyl/N-ethyl adjacent to an activating group) is 1. The van der Waals surface area contributed by atoms with E-state index >= 15 is 0 Å². The summed E-state index contributed by atoms with van der Waals surface area (Å²) >= 11 is 0. The molecule has 1 heterocycles. The normalized spacial score (nSPS) is 17.4. The van der Waals surface area contributed by atoms with E-state index in [9.17, 15) is 8.42 Å². The van der Waals surface area contributed by atoms with E-state index in [1.54, 1.807) is 12.1 Å². The van der Waals surface area contributed by atoms with Crippen LogP contribution in [0.15, 0.2) is 23.2 Å². The molecule has 0 unspecified atom stereocenters. The Labute approximate surface area is 152 Å². The van der Waals surface area contributed by atoms with Crippen molar-refractivity contribution in [2.24, 2.45) is 0 Å². The predicted molar refractivity (Wildman–Crippen MR) is 102 cm³/mol. The molecule has 0 bridgehead atoms. The third-order valence-corrected chi connectivity index (χ3v) is 6.94. The highest BCUT2D eigenvalue weighted by Gasteiger charge is 2.35. The van der Waals surface area contributed by atoms with Gasteiger partial charge in [0.25, 0.3) is 0 Å². The van der Waals surface area contributed by atoms with Crippen molar-refractivity contribution in [1.82, 2.24) is 14.6 Å². The number of sulfonamides is 1. The third kappa shape index (κ3) is 4.92. The first-order valence-electron chi connectivity index (χ1n) is 9.22. The first-order chi connectivity index (χ1) is 11.8. The summed E-state index contributed by atoms with van der Waals surface area (Å²) in [6.07, 6.45) is 7.85. The van der Waals surface area contributed by atoms with Crippen molar-refractivity contribution < 1.29 is 8.42 Å². The Kier molecular flexibility index (Phi) is 6.82. The molecule has 1 fully saturated rings. The average molecular weight is 369 g/mol. The minimum Gasteiger partial charge on any atom is -0.368 e. The molecule has 25 heavy (non-hydrogen) atoms. The van der Waals surface area contributed by atoms with Crippen molar-refractivity contribution >= 4 is 15.8 Å². The van der Waals surface area contributed by atoms with Gasteiger partial charge >= 0.3 is 0 Å². The molecule has 2 rings (SSSR count). The molecule has 1 saturated carbocycles. The Morgan fingerprint density at radius 3 is 2.32 bits per heavy atom. The van der Waals surface area contributed by atoms with Gasteiger partial charge in [0, 0.05) is 24.3 Å². The molecule has 0 aromatic carbocycles. The van der Waals surface area contributed by atoms with Gasteiger partial charge in [-0.1, -0.05) is 26.7 Å². The molecule has 0 spiro atoms. The number of hydrogen-bond donors (Lipinski definition) is 2. The van der Waals surface area contributed by atoms with E-state index < -0.39 is 10.0 Å². The van der Waals surface area contributed by atoms with Crippen LogP contribution in [0.25, 0.3) is 0 Å². The predicted octanol–water partition coefficient (Wildman–Crippen LogP) is 2.83. The van der Waals surface area contributed by atoms with Crippen LogP contribution in [-0.2, 0) is 10.0 Å². The Balaban J connectivity index is 2.02. The number of nitrogens with one attached hydrogen (secondary N) is 2. The summed E-state index contributed by atoms with van der Waals surface area (Å²) in [6.45, 7) is 4.78. The van der Waals surface area contributed by atoms with E-state index in [1.807, 2.05) is 13.8 Å². The topological polar surface area (TPSA) is 74.3 Å². The number of rotatable bonds is 9. The highest BCUT2D eigenvalue weighted by Crippen LogP contribution is 2.33. The summed E-state index contributed by atoms with van der Waals surface area (Å²) in [5, 5.41) is 3.38. The van der Waals surface area contributed by atoms with E-state index in [0.29, 0.717) is 0 Å². The second kappa shape index (κ2) is 8.47. The van der Waals surface area contributed by atoms with Crippen molar-refractivity contribution in [3.05, 3.63) is 18.3 Å². The van der Waals surface area contributed by atoms with Crippen molar-refractivity contribution in [2.75, 3.05) is 26.0 Å². The zero-order valence-electron chi connectivity index (χ0n) is 15.9. The Morgan fingerprint density at radius 1 is 1.20 bits per heavy atom. The monoisotopic (exact) mass is 368 g/mol. The minimum absolute atomic E-state index is 0.0369. The van der Waals surface area contributed by atoms with Gasteiger partial charge in [-0.15, -0.1) is 0 Å². The molecule has 1 aromatic heterocycles. The Hall–Kier alpha value is -1.18. The molecule has 7 heteroatoms. The van der Waals surface area contributed by atoms with Crippen LogP contribution in [0.1, 0.15) is 52.4 Å². The van der Waals surface area contributed by atoms with Crippen LogP contribution in [0.5, 0.6) is 0 Å². The highest BCUT2D eigenvalue weighted by atomic mass is 32.2. The lowest BCUT2D eigenvalue weighted by Gasteiger charge is -2.36. The maximum atomic E-state index is 12.4. The fraction of sp³-hybridized carbons (Fsp3) is 0.722. The second-order valence-corrected chi connectivity index (χ2v) is 8.91. The van der Waals surface area contributed by atoms with Gasteiger partial charge in [-0.2, -0.15) is 0 Å². The van der Waals surface area contributed by atoms with Gasteiger partial charge in [0.1, 0.15) is 10.7 Å². The average Bonchev–Trinajstić information content (AvgIpc) is 3.08. The van der Waals surface area contributed by atoms with Crippen LogP contribution in [0.3, 0.4) is 0 Å². The Bertz CT molecular complexity index is 634. The van der Waals surface area contributed by atoms with Crippen LogP contribution in [0.4, 0.5) is 5.82 Å². The molecular formula is C18H32N4O2S. The van der Waals surface area contributed by atoms with Crippen LogP contribution in [0.2, 0.25) is 0 Å². The number of aromatic nitrogens is 1. The molecule has 1 aromatic rings. The molecule has 0 aliphatic heterocycles. The van der Waals surface area contributed by atoms with Gasteiger partial charge in [-0.3, -0.25) is 0 Å². The van der Waals surface area contributed by atoms with Crippen LogP contribution in [0, 0.1) is 0 Å². The van der Waals surface area contributed by atoms with Gasteiger partial charge in [0.15, 0.2) is 0 Å². The highest BCUT2D eigenvalue weighted by molar-refractivity contribution is 7.89. The van der Waals surface area contributed by atoms with Crippen LogP contribution >= 0.6 is 0 Å². The third-order valence-electron chi connectivity index (χ3n) is 5.44. The van der Waals surface area contributed by atoms with Gasteiger partial charge in [-0.05, 0) is 51.9 Å². The second-order valence-electron chi connectivity index (χ2n) is 7.19. The lowest BCUT2D eigenvalue weighted by Crippen LogP contribution is -2.47. The lowest BCUT2D eigenvalue weighted by molar-refractivity contribution is 0.172. The van der Waals surface area contributed by atoms with Crippen LogP contribution < -0.4 is 10.0 Å². The number of nitrogens with zero attached hydrogens (tertiary/aromatic N) is 2. The lowest BCUT2D eigenvalue weighted by atomic mass is 9.96. The van der Waals surface area contributed by atoms with E-state index in [0.717, 1.165) is 25.2 Å². The summed E-state index contributed by atoms with van der Waals surface area (Å²) in [6, 6.07) is 3.33. The van der Waals surface area contributed by atoms with E-state index in [4.69, 9.17) is 0 Å². The fourth-order valence-electron chi connectivity index (χ4n) is 3.46. The zero-order chi connectivity index (χ0) is 18.5. The maximum Gasteiger partial charge on any atom is 0.242 e. The van der Waals surface area contributed by atoms with Crippen molar-refractivity contribution in [1.29, 1.82) is 0 Å².